The summed E-state index contributed by atoms with van der Waals surface area (Å²) in [7, 11) is 0. The minimum absolute atomic E-state index is 0.0607. The molecule has 4 heteroatoms. The molecule has 1 N–H and O–H groups in total. The fourth-order valence-corrected chi connectivity index (χ4v) is 1.56. The lowest BCUT2D eigenvalue weighted by atomic mass is 10.1. The van der Waals surface area contributed by atoms with Crippen LogP contribution in [0.2, 0.25) is 0 Å². The van der Waals surface area contributed by atoms with Gasteiger partial charge in [0.2, 0.25) is 0 Å². The highest BCUT2D eigenvalue weighted by molar-refractivity contribution is 5.22. The van der Waals surface area contributed by atoms with Gasteiger partial charge in [0.1, 0.15) is 5.69 Å². The van der Waals surface area contributed by atoms with Crippen molar-refractivity contribution in [2.75, 3.05) is 0 Å². The Morgan fingerprint density at radius 1 is 1.19 bits per heavy atom. The molecule has 0 aliphatic rings. The van der Waals surface area contributed by atoms with E-state index in [2.05, 4.69) is 41.5 Å². The summed E-state index contributed by atoms with van der Waals surface area (Å²) in [4.78, 5) is 0. The molecule has 0 fully saturated rings. The third-order valence-corrected chi connectivity index (χ3v) is 2.52. The summed E-state index contributed by atoms with van der Waals surface area (Å²) in [6, 6.07) is 8.44. The van der Waals surface area contributed by atoms with Crippen molar-refractivity contribution in [1.82, 2.24) is 15.0 Å². The molecule has 4 nitrogen and oxygen atoms in total. The maximum atomic E-state index is 8.87. The Hall–Kier alpha value is -1.68. The van der Waals surface area contributed by atoms with Crippen LogP contribution in [0.4, 0.5) is 0 Å². The first-order valence-electron chi connectivity index (χ1n) is 5.39. The molecule has 0 unspecified atom stereocenters. The number of aliphatic hydroxyl groups is 1. The average molecular weight is 217 g/mol. The van der Waals surface area contributed by atoms with Crippen molar-refractivity contribution in [2.24, 2.45) is 0 Å². The molecule has 2 rings (SSSR count). The van der Waals surface area contributed by atoms with Gasteiger partial charge in [-0.1, -0.05) is 36.4 Å². The van der Waals surface area contributed by atoms with Crippen LogP contribution in [0.15, 0.2) is 30.5 Å². The summed E-state index contributed by atoms with van der Waals surface area (Å²) in [5.74, 6) is 0. The van der Waals surface area contributed by atoms with E-state index in [1.54, 1.807) is 10.9 Å². The second-order valence-corrected chi connectivity index (χ2v) is 3.74. The smallest absolute Gasteiger partial charge is 0.108 e. The third-order valence-electron chi connectivity index (χ3n) is 2.52. The first kappa shape index (κ1) is 10.8. The van der Waals surface area contributed by atoms with Crippen molar-refractivity contribution in [2.45, 2.75) is 26.5 Å². The lowest BCUT2D eigenvalue weighted by molar-refractivity contribution is 0.276. The summed E-state index contributed by atoms with van der Waals surface area (Å²) in [6.07, 6.45) is 2.81. The van der Waals surface area contributed by atoms with Crippen molar-refractivity contribution >= 4 is 0 Å². The number of nitrogens with zero attached hydrogens (tertiary/aromatic N) is 3. The van der Waals surface area contributed by atoms with Gasteiger partial charge in [-0.3, -0.25) is 0 Å². The van der Waals surface area contributed by atoms with Crippen LogP contribution in [0.1, 0.15) is 23.7 Å². The molecule has 16 heavy (non-hydrogen) atoms. The molecule has 2 aromatic rings. The highest BCUT2D eigenvalue weighted by Crippen LogP contribution is 2.06. The summed E-state index contributed by atoms with van der Waals surface area (Å²) < 4.78 is 1.73. The van der Waals surface area contributed by atoms with E-state index in [-0.39, 0.29) is 6.61 Å². The number of benzene rings is 1. The zero-order chi connectivity index (χ0) is 11.4. The highest BCUT2D eigenvalue weighted by atomic mass is 16.3. The largest absolute Gasteiger partial charge is 0.390 e. The molecule has 0 saturated heterocycles. The van der Waals surface area contributed by atoms with Crippen LogP contribution in [-0.4, -0.2) is 20.1 Å². The van der Waals surface area contributed by atoms with Gasteiger partial charge in [0.15, 0.2) is 0 Å². The Labute approximate surface area is 94.5 Å². The summed E-state index contributed by atoms with van der Waals surface area (Å²) in [6.45, 7) is 2.77. The van der Waals surface area contributed by atoms with Gasteiger partial charge in [0, 0.05) is 0 Å². The van der Waals surface area contributed by atoms with Gasteiger partial charge in [0.25, 0.3) is 0 Å². The van der Waals surface area contributed by atoms with Crippen LogP contribution in [0.5, 0.6) is 0 Å². The van der Waals surface area contributed by atoms with Crippen molar-refractivity contribution in [3.8, 4) is 0 Å². The maximum Gasteiger partial charge on any atom is 0.108 e. The molecule has 0 radical (unpaired) electrons. The molecular formula is C12H15N3O. The molecular weight excluding hydrogens is 202 g/mol. The molecule has 1 aromatic heterocycles. The van der Waals surface area contributed by atoms with Gasteiger partial charge < -0.3 is 5.11 Å². The molecule has 0 atom stereocenters. The van der Waals surface area contributed by atoms with E-state index in [4.69, 9.17) is 5.11 Å². The van der Waals surface area contributed by atoms with Crippen LogP contribution < -0.4 is 0 Å². The Morgan fingerprint density at radius 3 is 2.44 bits per heavy atom. The summed E-state index contributed by atoms with van der Waals surface area (Å²) >= 11 is 0. The Bertz CT molecular complexity index is 448. The SMILES string of the molecule is CCc1ccc(Cn2cc(CO)nn2)cc1. The van der Waals surface area contributed by atoms with E-state index in [0.717, 1.165) is 6.42 Å². The number of rotatable bonds is 4. The molecule has 0 saturated carbocycles. The fourth-order valence-electron chi connectivity index (χ4n) is 1.56. The second-order valence-electron chi connectivity index (χ2n) is 3.74. The van der Waals surface area contributed by atoms with E-state index in [9.17, 15) is 0 Å². The minimum atomic E-state index is -0.0607. The number of hydrogen-bond donors (Lipinski definition) is 1. The van der Waals surface area contributed by atoms with Crippen LogP contribution >= 0.6 is 0 Å². The predicted octanol–water partition coefficient (Wildman–Crippen LogP) is 1.38. The van der Waals surface area contributed by atoms with Crippen molar-refractivity contribution in [3.05, 3.63) is 47.3 Å². The standard InChI is InChI=1S/C12H15N3O/c1-2-10-3-5-11(6-4-10)7-15-8-12(9-16)13-14-15/h3-6,8,16H,2,7,9H2,1H3. The van der Waals surface area contributed by atoms with E-state index >= 15 is 0 Å². The minimum Gasteiger partial charge on any atom is -0.390 e. The van der Waals surface area contributed by atoms with E-state index in [0.29, 0.717) is 12.2 Å². The highest BCUT2D eigenvalue weighted by Gasteiger charge is 2.00. The molecule has 0 aliphatic carbocycles. The van der Waals surface area contributed by atoms with Gasteiger partial charge in [0.05, 0.1) is 19.3 Å². The van der Waals surface area contributed by atoms with Gasteiger partial charge in [-0.25, -0.2) is 4.68 Å². The quantitative estimate of drug-likeness (QED) is 0.841. The van der Waals surface area contributed by atoms with E-state index in [1.165, 1.54) is 11.1 Å². The molecule has 0 aliphatic heterocycles. The van der Waals surface area contributed by atoms with Crippen LogP contribution in [0, 0.1) is 0 Å². The normalized spacial score (nSPS) is 10.6. The number of aliphatic hydroxyl groups excluding tert-OH is 1. The molecule has 0 amide bonds. The lowest BCUT2D eigenvalue weighted by Crippen LogP contribution is -2.00. The Balaban J connectivity index is 2.08. The molecule has 0 bridgehead atoms. The van der Waals surface area contributed by atoms with Gasteiger partial charge in [-0.05, 0) is 17.5 Å². The van der Waals surface area contributed by atoms with Crippen molar-refractivity contribution in [1.29, 1.82) is 0 Å². The van der Waals surface area contributed by atoms with Crippen LogP contribution in [-0.2, 0) is 19.6 Å². The summed E-state index contributed by atoms with van der Waals surface area (Å²) in [5.41, 5.74) is 3.12. The van der Waals surface area contributed by atoms with E-state index in [1.807, 2.05) is 0 Å². The zero-order valence-corrected chi connectivity index (χ0v) is 9.30. The monoisotopic (exact) mass is 217 g/mol. The number of aromatic nitrogens is 3. The van der Waals surface area contributed by atoms with Gasteiger partial charge in [-0.15, -0.1) is 5.10 Å². The van der Waals surface area contributed by atoms with Gasteiger partial charge in [-0.2, -0.15) is 0 Å². The van der Waals surface area contributed by atoms with Crippen LogP contribution in [0.3, 0.4) is 0 Å². The molecule has 84 valence electrons. The fraction of sp³-hybridized carbons (Fsp3) is 0.333. The first-order chi connectivity index (χ1) is 7.81. The van der Waals surface area contributed by atoms with Crippen molar-refractivity contribution < 1.29 is 5.11 Å². The number of hydrogen-bond acceptors (Lipinski definition) is 3. The van der Waals surface area contributed by atoms with E-state index < -0.39 is 0 Å². The van der Waals surface area contributed by atoms with Crippen LogP contribution in [0.25, 0.3) is 0 Å². The Morgan fingerprint density at radius 2 is 1.88 bits per heavy atom. The lowest BCUT2D eigenvalue weighted by Gasteiger charge is -2.02. The first-order valence-corrected chi connectivity index (χ1v) is 5.39. The second kappa shape index (κ2) is 4.90. The van der Waals surface area contributed by atoms with Gasteiger partial charge >= 0.3 is 0 Å². The third kappa shape index (κ3) is 2.46. The zero-order valence-electron chi connectivity index (χ0n) is 9.30. The maximum absolute atomic E-state index is 8.87. The topological polar surface area (TPSA) is 50.9 Å². The number of aryl methyl sites for hydroxylation is 1. The Kier molecular flexibility index (Phi) is 3.31. The predicted molar refractivity (Wildman–Crippen MR) is 60.9 cm³/mol. The average Bonchev–Trinajstić information content (AvgIpc) is 2.78. The summed E-state index contributed by atoms with van der Waals surface area (Å²) in [5, 5.41) is 16.6. The molecule has 0 spiro atoms. The molecule has 1 heterocycles. The van der Waals surface area contributed by atoms with Crippen molar-refractivity contribution in [3.63, 3.8) is 0 Å². The molecule has 1 aromatic carbocycles.